The molecular weight excluding hydrogens is 419 g/mol. The molecule has 1 heterocycles. The number of nitrogens with zero attached hydrogens (tertiary/aromatic N) is 1. The van der Waals surface area contributed by atoms with Crippen LogP contribution in [0, 0.1) is 17.8 Å². The molecule has 1 aromatic rings. The number of benzene rings is 1. The van der Waals surface area contributed by atoms with Crippen LogP contribution in [-0.4, -0.2) is 43.8 Å². The fourth-order valence-corrected chi connectivity index (χ4v) is 6.07. The standard InChI is InChI=1S/C20H28F3N3O3S/c1-12(2)8-17(24)19(27)25-18-7-6-13-10-26(11-16(13)18)30(28,29)15-5-3-4-14(9-15)20(21,22)23/h3-5,9,12-13,16-18H,6-8,10-11,24H2,1-2H3,(H,25,27)/t13-,16+,17-,18+/m0/s1. The van der Waals surface area contributed by atoms with Crippen molar-refractivity contribution in [1.82, 2.24) is 9.62 Å². The molecule has 3 rings (SSSR count). The van der Waals surface area contributed by atoms with Crippen LogP contribution in [0.1, 0.15) is 38.7 Å². The minimum Gasteiger partial charge on any atom is -0.352 e. The quantitative estimate of drug-likeness (QED) is 0.701. The Morgan fingerprint density at radius 3 is 2.60 bits per heavy atom. The first kappa shape index (κ1) is 23.0. The van der Waals surface area contributed by atoms with Crippen molar-refractivity contribution in [1.29, 1.82) is 0 Å². The number of carbonyl (C=O) groups excluding carboxylic acids is 1. The van der Waals surface area contributed by atoms with Gasteiger partial charge in [-0.25, -0.2) is 8.42 Å². The summed E-state index contributed by atoms with van der Waals surface area (Å²) in [6, 6.07) is 3.02. The first-order chi connectivity index (χ1) is 13.9. The van der Waals surface area contributed by atoms with Crippen LogP contribution in [-0.2, 0) is 21.0 Å². The Labute approximate surface area is 175 Å². The molecule has 1 amide bonds. The van der Waals surface area contributed by atoms with E-state index in [1.54, 1.807) is 0 Å². The largest absolute Gasteiger partial charge is 0.416 e. The van der Waals surface area contributed by atoms with Crippen LogP contribution in [0.4, 0.5) is 13.2 Å². The number of hydrogen-bond acceptors (Lipinski definition) is 4. The smallest absolute Gasteiger partial charge is 0.352 e. The highest BCUT2D eigenvalue weighted by atomic mass is 32.2. The highest BCUT2D eigenvalue weighted by Crippen LogP contribution is 2.40. The number of alkyl halides is 3. The first-order valence-corrected chi connectivity index (χ1v) is 11.6. The SMILES string of the molecule is CC(C)C[C@H](N)C(=O)N[C@@H]1CC[C@H]2CN(S(=O)(=O)c3cccc(C(F)(F)F)c3)C[C@H]21. The molecule has 1 saturated carbocycles. The molecule has 1 aliphatic carbocycles. The van der Waals surface area contributed by atoms with Gasteiger partial charge in [0.1, 0.15) is 0 Å². The highest BCUT2D eigenvalue weighted by Gasteiger charge is 2.47. The van der Waals surface area contributed by atoms with E-state index in [2.05, 4.69) is 5.32 Å². The fraction of sp³-hybridized carbons (Fsp3) is 0.650. The number of nitrogens with one attached hydrogen (secondary N) is 1. The number of nitrogens with two attached hydrogens (primary N) is 1. The van der Waals surface area contributed by atoms with Crippen LogP contribution in [0.15, 0.2) is 29.2 Å². The van der Waals surface area contributed by atoms with Crippen LogP contribution in [0.5, 0.6) is 0 Å². The molecule has 6 nitrogen and oxygen atoms in total. The number of carbonyl (C=O) groups is 1. The van der Waals surface area contributed by atoms with E-state index in [0.29, 0.717) is 12.5 Å². The second kappa shape index (κ2) is 8.47. The molecule has 0 aromatic heterocycles. The maximum absolute atomic E-state index is 13.0. The molecule has 2 fully saturated rings. The van der Waals surface area contributed by atoms with E-state index in [1.807, 2.05) is 13.8 Å². The summed E-state index contributed by atoms with van der Waals surface area (Å²) in [4.78, 5) is 12.0. The van der Waals surface area contributed by atoms with Crippen molar-refractivity contribution in [3.8, 4) is 0 Å². The van der Waals surface area contributed by atoms with Crippen molar-refractivity contribution >= 4 is 15.9 Å². The summed E-state index contributed by atoms with van der Waals surface area (Å²) in [5, 5.41) is 2.96. The third-order valence-electron chi connectivity index (χ3n) is 6.01. The van der Waals surface area contributed by atoms with Crippen molar-refractivity contribution in [2.24, 2.45) is 23.5 Å². The molecule has 0 bridgehead atoms. The zero-order chi connectivity index (χ0) is 22.3. The summed E-state index contributed by atoms with van der Waals surface area (Å²) in [6.45, 7) is 4.37. The van der Waals surface area contributed by atoms with Crippen molar-refractivity contribution in [3.63, 3.8) is 0 Å². The monoisotopic (exact) mass is 447 g/mol. The number of amides is 1. The number of rotatable bonds is 6. The van der Waals surface area contributed by atoms with E-state index in [0.717, 1.165) is 25.0 Å². The molecule has 168 valence electrons. The topological polar surface area (TPSA) is 92.5 Å². The number of fused-ring (bicyclic) bond motifs is 1. The van der Waals surface area contributed by atoms with Gasteiger partial charge in [-0.05, 0) is 55.2 Å². The van der Waals surface area contributed by atoms with E-state index in [9.17, 15) is 26.4 Å². The van der Waals surface area contributed by atoms with Gasteiger partial charge in [0.15, 0.2) is 0 Å². The first-order valence-electron chi connectivity index (χ1n) is 10.1. The van der Waals surface area contributed by atoms with Crippen molar-refractivity contribution in [2.75, 3.05) is 13.1 Å². The maximum Gasteiger partial charge on any atom is 0.416 e. The Hall–Kier alpha value is -1.65. The van der Waals surface area contributed by atoms with Gasteiger partial charge in [0.2, 0.25) is 15.9 Å². The van der Waals surface area contributed by atoms with Crippen molar-refractivity contribution < 1.29 is 26.4 Å². The molecule has 10 heteroatoms. The normalized spacial score (nSPS) is 26.0. The lowest BCUT2D eigenvalue weighted by Crippen LogP contribution is -2.48. The van der Waals surface area contributed by atoms with E-state index in [-0.39, 0.29) is 47.7 Å². The molecule has 0 unspecified atom stereocenters. The van der Waals surface area contributed by atoms with Gasteiger partial charge in [-0.2, -0.15) is 17.5 Å². The summed E-state index contributed by atoms with van der Waals surface area (Å²) >= 11 is 0. The third kappa shape index (κ3) is 4.81. The average Bonchev–Trinajstić information content (AvgIpc) is 3.23. The highest BCUT2D eigenvalue weighted by molar-refractivity contribution is 7.89. The van der Waals surface area contributed by atoms with E-state index in [1.165, 1.54) is 10.4 Å². The molecule has 2 aliphatic rings. The lowest BCUT2D eigenvalue weighted by molar-refractivity contribution is -0.137. The average molecular weight is 448 g/mol. The number of hydrogen-bond donors (Lipinski definition) is 2. The third-order valence-corrected chi connectivity index (χ3v) is 7.84. The molecule has 1 aromatic carbocycles. The Morgan fingerprint density at radius 1 is 1.27 bits per heavy atom. The summed E-state index contributed by atoms with van der Waals surface area (Å²) < 4.78 is 66.1. The predicted octanol–water partition coefficient (Wildman–Crippen LogP) is 2.59. The molecule has 1 aliphatic heterocycles. The van der Waals surface area contributed by atoms with Crippen LogP contribution >= 0.6 is 0 Å². The summed E-state index contributed by atoms with van der Waals surface area (Å²) in [5.74, 6) is 0.0353. The van der Waals surface area contributed by atoms with Crippen molar-refractivity contribution in [3.05, 3.63) is 29.8 Å². The lowest BCUT2D eigenvalue weighted by atomic mass is 9.97. The summed E-state index contributed by atoms with van der Waals surface area (Å²) in [6.07, 6.45) is -2.56. The zero-order valence-corrected chi connectivity index (χ0v) is 17.8. The molecular formula is C20H28F3N3O3S. The summed E-state index contributed by atoms with van der Waals surface area (Å²) in [7, 11) is -4.05. The maximum atomic E-state index is 13.0. The van der Waals surface area contributed by atoms with E-state index >= 15 is 0 Å². The molecule has 30 heavy (non-hydrogen) atoms. The Balaban J connectivity index is 1.71. The molecule has 1 saturated heterocycles. The van der Waals surface area contributed by atoms with Crippen molar-refractivity contribution in [2.45, 2.75) is 56.3 Å². The second-order valence-corrected chi connectivity index (χ2v) is 10.6. The zero-order valence-electron chi connectivity index (χ0n) is 17.0. The molecule has 4 atom stereocenters. The van der Waals surface area contributed by atoms with Gasteiger partial charge in [0.25, 0.3) is 0 Å². The second-order valence-electron chi connectivity index (χ2n) is 8.70. The van der Waals surface area contributed by atoms with Crippen LogP contribution in [0.3, 0.4) is 0 Å². The van der Waals surface area contributed by atoms with Gasteiger partial charge in [-0.1, -0.05) is 19.9 Å². The number of sulfonamides is 1. The molecule has 0 radical (unpaired) electrons. The van der Waals surface area contributed by atoms with Gasteiger partial charge in [-0.3, -0.25) is 4.79 Å². The minimum absolute atomic E-state index is 0.0668. The lowest BCUT2D eigenvalue weighted by Gasteiger charge is -2.24. The van der Waals surface area contributed by atoms with Gasteiger partial charge in [-0.15, -0.1) is 0 Å². The Bertz CT molecular complexity index is 889. The molecule has 0 spiro atoms. The van der Waals surface area contributed by atoms with Gasteiger partial charge >= 0.3 is 6.18 Å². The van der Waals surface area contributed by atoms with Gasteiger partial charge in [0, 0.05) is 19.1 Å². The Morgan fingerprint density at radius 2 is 1.97 bits per heavy atom. The van der Waals surface area contributed by atoms with Crippen LogP contribution in [0.2, 0.25) is 0 Å². The van der Waals surface area contributed by atoms with Gasteiger partial charge in [0.05, 0.1) is 16.5 Å². The summed E-state index contributed by atoms with van der Waals surface area (Å²) in [5.41, 5.74) is 4.95. The van der Waals surface area contributed by atoms with Crippen LogP contribution in [0.25, 0.3) is 0 Å². The molecule has 3 N–H and O–H groups in total. The van der Waals surface area contributed by atoms with E-state index in [4.69, 9.17) is 5.73 Å². The predicted molar refractivity (Wildman–Crippen MR) is 106 cm³/mol. The number of halogens is 3. The fourth-order valence-electron chi connectivity index (χ4n) is 4.49. The van der Waals surface area contributed by atoms with Crippen LogP contribution < -0.4 is 11.1 Å². The Kier molecular flexibility index (Phi) is 6.50. The van der Waals surface area contributed by atoms with Gasteiger partial charge < -0.3 is 11.1 Å². The minimum atomic E-state index is -4.61. The van der Waals surface area contributed by atoms with E-state index < -0.39 is 27.8 Å².